The lowest BCUT2D eigenvalue weighted by atomic mass is 9.81. The molecule has 28 heavy (non-hydrogen) atoms. The van der Waals surface area contributed by atoms with Crippen LogP contribution >= 0.6 is 0 Å². The van der Waals surface area contributed by atoms with E-state index in [4.69, 9.17) is 10.00 Å². The highest BCUT2D eigenvalue weighted by molar-refractivity contribution is 5.33. The zero-order valence-electron chi connectivity index (χ0n) is 14.9. The third-order valence-corrected chi connectivity index (χ3v) is 4.28. The predicted octanol–water partition coefficient (Wildman–Crippen LogP) is 6.11. The SMILES string of the molecule is CC(CC#N)(COCc1cc(C(F)(F)F)cc(C(F)(F)F)c1)c1ccccc1. The van der Waals surface area contributed by atoms with E-state index in [2.05, 4.69) is 0 Å². The monoisotopic (exact) mass is 401 g/mol. The second-order valence-corrected chi connectivity index (χ2v) is 6.67. The van der Waals surface area contributed by atoms with Crippen LogP contribution in [0.25, 0.3) is 0 Å². The minimum Gasteiger partial charge on any atom is -0.376 e. The second-order valence-electron chi connectivity index (χ2n) is 6.67. The van der Waals surface area contributed by atoms with Gasteiger partial charge in [0.1, 0.15) is 0 Å². The molecule has 0 aliphatic carbocycles. The minimum atomic E-state index is -4.91. The van der Waals surface area contributed by atoms with Gasteiger partial charge in [-0.1, -0.05) is 37.3 Å². The first kappa shape index (κ1) is 21.8. The molecule has 0 saturated carbocycles. The maximum atomic E-state index is 12.9. The summed E-state index contributed by atoms with van der Waals surface area (Å²) >= 11 is 0. The fraction of sp³-hybridized carbons (Fsp3) is 0.350. The Labute approximate surface area is 158 Å². The highest BCUT2D eigenvalue weighted by Gasteiger charge is 2.37. The third-order valence-electron chi connectivity index (χ3n) is 4.28. The molecule has 0 N–H and O–H groups in total. The van der Waals surface area contributed by atoms with Crippen molar-refractivity contribution in [2.24, 2.45) is 0 Å². The summed E-state index contributed by atoms with van der Waals surface area (Å²) < 4.78 is 83.0. The van der Waals surface area contributed by atoms with E-state index in [1.54, 1.807) is 37.3 Å². The lowest BCUT2D eigenvalue weighted by Gasteiger charge is -2.27. The summed E-state index contributed by atoms with van der Waals surface area (Å²) in [6, 6.07) is 12.3. The van der Waals surface area contributed by atoms with Crippen LogP contribution < -0.4 is 0 Å². The molecule has 0 radical (unpaired) electrons. The van der Waals surface area contributed by atoms with E-state index in [9.17, 15) is 26.3 Å². The number of rotatable bonds is 6. The van der Waals surface area contributed by atoms with Gasteiger partial charge in [0.2, 0.25) is 0 Å². The van der Waals surface area contributed by atoms with Gasteiger partial charge in [0.05, 0.1) is 30.4 Å². The Bertz CT molecular complexity index is 806. The first-order valence-corrected chi connectivity index (χ1v) is 8.24. The number of hydrogen-bond acceptors (Lipinski definition) is 2. The maximum absolute atomic E-state index is 12.9. The van der Waals surface area contributed by atoms with Crippen molar-refractivity contribution in [1.29, 1.82) is 5.26 Å². The Morgan fingerprint density at radius 3 is 1.86 bits per heavy atom. The molecule has 8 heteroatoms. The molecule has 1 atom stereocenters. The zero-order valence-corrected chi connectivity index (χ0v) is 14.9. The molecule has 1 unspecified atom stereocenters. The van der Waals surface area contributed by atoms with Crippen LogP contribution in [-0.2, 0) is 29.1 Å². The molecule has 2 aromatic rings. The lowest BCUT2D eigenvalue weighted by Crippen LogP contribution is -2.28. The molecule has 2 rings (SSSR count). The van der Waals surface area contributed by atoms with E-state index >= 15 is 0 Å². The van der Waals surface area contributed by atoms with Crippen LogP contribution in [-0.4, -0.2) is 6.61 Å². The molecule has 0 spiro atoms. The van der Waals surface area contributed by atoms with Crippen molar-refractivity contribution in [1.82, 2.24) is 0 Å². The van der Waals surface area contributed by atoms with Crippen molar-refractivity contribution in [3.05, 3.63) is 70.8 Å². The number of halogens is 6. The number of alkyl halides is 6. The van der Waals surface area contributed by atoms with Crippen molar-refractivity contribution in [3.8, 4) is 6.07 Å². The van der Waals surface area contributed by atoms with E-state index < -0.39 is 35.5 Å². The van der Waals surface area contributed by atoms with Gasteiger partial charge in [-0.25, -0.2) is 0 Å². The second kappa shape index (κ2) is 8.23. The van der Waals surface area contributed by atoms with Crippen molar-refractivity contribution in [2.45, 2.75) is 37.7 Å². The number of benzene rings is 2. The Morgan fingerprint density at radius 2 is 1.39 bits per heavy atom. The molecule has 0 aliphatic rings. The van der Waals surface area contributed by atoms with Gasteiger partial charge in [-0.2, -0.15) is 31.6 Å². The molecular formula is C20H17F6NO. The van der Waals surface area contributed by atoms with E-state index in [1.165, 1.54) is 0 Å². The van der Waals surface area contributed by atoms with Gasteiger partial charge in [-0.3, -0.25) is 0 Å². The Kier molecular flexibility index (Phi) is 6.40. The first-order chi connectivity index (χ1) is 13.0. The molecular weight excluding hydrogens is 384 g/mol. The predicted molar refractivity (Wildman–Crippen MR) is 90.1 cm³/mol. The molecule has 0 saturated heterocycles. The van der Waals surface area contributed by atoms with Gasteiger partial charge in [-0.15, -0.1) is 0 Å². The molecule has 0 amide bonds. The summed E-state index contributed by atoms with van der Waals surface area (Å²) in [5.74, 6) is 0. The van der Waals surface area contributed by atoms with E-state index in [0.29, 0.717) is 12.1 Å². The van der Waals surface area contributed by atoms with Gasteiger partial charge in [-0.05, 0) is 29.3 Å². The van der Waals surface area contributed by atoms with Crippen molar-refractivity contribution < 1.29 is 31.1 Å². The van der Waals surface area contributed by atoms with Crippen molar-refractivity contribution in [2.75, 3.05) is 6.61 Å². The topological polar surface area (TPSA) is 33.0 Å². The average Bonchev–Trinajstić information content (AvgIpc) is 2.61. The Hall–Kier alpha value is -2.53. The first-order valence-electron chi connectivity index (χ1n) is 8.24. The smallest absolute Gasteiger partial charge is 0.376 e. The number of nitrogens with zero attached hydrogens (tertiary/aromatic N) is 1. The summed E-state index contributed by atoms with van der Waals surface area (Å²) in [4.78, 5) is 0. The number of hydrogen-bond donors (Lipinski definition) is 0. The molecule has 0 aliphatic heterocycles. The summed E-state index contributed by atoms with van der Waals surface area (Å²) in [6.07, 6.45) is -9.74. The molecule has 2 nitrogen and oxygen atoms in total. The third kappa shape index (κ3) is 5.49. The van der Waals surface area contributed by atoms with Gasteiger partial charge in [0.15, 0.2) is 0 Å². The van der Waals surface area contributed by atoms with Crippen LogP contribution in [0.3, 0.4) is 0 Å². The average molecular weight is 401 g/mol. The van der Waals surface area contributed by atoms with Crippen LogP contribution in [0.5, 0.6) is 0 Å². The highest BCUT2D eigenvalue weighted by atomic mass is 19.4. The fourth-order valence-electron chi connectivity index (χ4n) is 2.75. The zero-order chi connectivity index (χ0) is 21.0. The molecule has 0 bridgehead atoms. The normalized spacial score (nSPS) is 14.4. The number of nitriles is 1. The molecule has 0 fully saturated rings. The van der Waals surface area contributed by atoms with Gasteiger partial charge < -0.3 is 4.74 Å². The quantitative estimate of drug-likeness (QED) is 0.547. The van der Waals surface area contributed by atoms with E-state index in [-0.39, 0.29) is 24.7 Å². The number of ether oxygens (including phenoxy) is 1. The summed E-state index contributed by atoms with van der Waals surface area (Å²) in [5.41, 5.74) is -2.97. The fourth-order valence-corrected chi connectivity index (χ4v) is 2.75. The standard InChI is InChI=1S/C20H17F6NO/c1-18(7-8-27,15-5-3-2-4-6-15)13-28-12-14-9-16(19(21,22)23)11-17(10-14)20(24,25)26/h2-6,9-11H,7,12-13H2,1H3. The van der Waals surface area contributed by atoms with E-state index in [1.807, 2.05) is 6.07 Å². The van der Waals surface area contributed by atoms with Crippen LogP contribution in [0.2, 0.25) is 0 Å². The molecule has 0 aromatic heterocycles. The minimum absolute atomic E-state index is 0.0395. The van der Waals surface area contributed by atoms with Gasteiger partial charge in [0, 0.05) is 11.8 Å². The highest BCUT2D eigenvalue weighted by Crippen LogP contribution is 2.36. The molecule has 2 aromatic carbocycles. The Balaban J connectivity index is 2.22. The van der Waals surface area contributed by atoms with Crippen LogP contribution in [0.4, 0.5) is 26.3 Å². The lowest BCUT2D eigenvalue weighted by molar-refractivity contribution is -0.143. The summed E-state index contributed by atoms with van der Waals surface area (Å²) in [7, 11) is 0. The van der Waals surface area contributed by atoms with Crippen LogP contribution in [0.15, 0.2) is 48.5 Å². The molecule has 0 heterocycles. The van der Waals surface area contributed by atoms with Crippen molar-refractivity contribution >= 4 is 0 Å². The molecule has 150 valence electrons. The summed E-state index contributed by atoms with van der Waals surface area (Å²) in [6.45, 7) is 1.27. The van der Waals surface area contributed by atoms with Crippen LogP contribution in [0.1, 0.15) is 35.6 Å². The van der Waals surface area contributed by atoms with Crippen LogP contribution in [0, 0.1) is 11.3 Å². The van der Waals surface area contributed by atoms with E-state index in [0.717, 1.165) is 5.56 Å². The largest absolute Gasteiger partial charge is 0.416 e. The van der Waals surface area contributed by atoms with Crippen molar-refractivity contribution in [3.63, 3.8) is 0 Å². The maximum Gasteiger partial charge on any atom is 0.416 e. The van der Waals surface area contributed by atoms with Gasteiger partial charge >= 0.3 is 12.4 Å². The Morgan fingerprint density at radius 1 is 0.857 bits per heavy atom. The summed E-state index contributed by atoms with van der Waals surface area (Å²) in [5, 5.41) is 9.08. The van der Waals surface area contributed by atoms with Gasteiger partial charge in [0.25, 0.3) is 0 Å².